The Morgan fingerprint density at radius 2 is 1.94 bits per heavy atom. The zero-order chi connectivity index (χ0) is 12.7. The molecule has 0 aliphatic heterocycles. The van der Waals surface area contributed by atoms with Crippen LogP contribution >= 0.6 is 0 Å². The molecule has 0 aliphatic rings. The average molecular weight is 228 g/mol. The van der Waals surface area contributed by atoms with Gasteiger partial charge < -0.3 is 4.74 Å². The fraction of sp³-hybridized carbons (Fsp3) is 0.133. The number of carbonyl (C=O) groups excluding carboxylic acids is 1. The number of rotatable bonds is 5. The van der Waals surface area contributed by atoms with Crippen molar-refractivity contribution in [3.63, 3.8) is 0 Å². The summed E-state index contributed by atoms with van der Waals surface area (Å²) in [6.07, 6.45) is 3.49. The van der Waals surface area contributed by atoms with E-state index < -0.39 is 0 Å². The highest BCUT2D eigenvalue weighted by atomic mass is 16.5. The first-order chi connectivity index (χ1) is 8.19. The molecule has 0 saturated carbocycles. The summed E-state index contributed by atoms with van der Waals surface area (Å²) in [4.78, 5) is 11.5. The number of carbonyl (C=O) groups is 1. The van der Waals surface area contributed by atoms with Crippen molar-refractivity contribution in [3.8, 4) is 0 Å². The van der Waals surface area contributed by atoms with Gasteiger partial charge in [-0.3, -0.25) is 0 Å². The largest absolute Gasteiger partial charge is 0.432 e. The molecule has 0 heterocycles. The van der Waals surface area contributed by atoms with Crippen LogP contribution in [-0.2, 0) is 16.0 Å². The molecule has 0 atom stereocenters. The van der Waals surface area contributed by atoms with Gasteiger partial charge in [0.1, 0.15) is 0 Å². The normalized spacial score (nSPS) is 11.4. The van der Waals surface area contributed by atoms with Crippen LogP contribution in [0.5, 0.6) is 0 Å². The van der Waals surface area contributed by atoms with Crippen LogP contribution in [0.4, 0.5) is 0 Å². The molecule has 0 amide bonds. The summed E-state index contributed by atoms with van der Waals surface area (Å²) < 4.78 is 4.74. The molecule has 0 spiro atoms. The van der Waals surface area contributed by atoms with Crippen molar-refractivity contribution in [2.45, 2.75) is 13.3 Å². The van der Waals surface area contributed by atoms with Crippen LogP contribution in [0, 0.1) is 0 Å². The van der Waals surface area contributed by atoms with Crippen LogP contribution in [0.15, 0.2) is 67.0 Å². The number of hydrogen-bond donors (Lipinski definition) is 0. The fourth-order valence-corrected chi connectivity index (χ4v) is 1.47. The Balaban J connectivity index is 2.91. The second-order valence-electron chi connectivity index (χ2n) is 3.59. The molecule has 0 unspecified atom stereocenters. The summed E-state index contributed by atoms with van der Waals surface area (Å²) in [6, 6.07) is 9.91. The monoisotopic (exact) mass is 228 g/mol. The Hall–Kier alpha value is -2.09. The second kappa shape index (κ2) is 6.48. The number of benzene rings is 1. The summed E-state index contributed by atoms with van der Waals surface area (Å²) in [5, 5.41) is 0. The van der Waals surface area contributed by atoms with Gasteiger partial charge in [0.2, 0.25) is 0 Å². The van der Waals surface area contributed by atoms with Crippen molar-refractivity contribution in [1.29, 1.82) is 0 Å². The molecule has 1 aromatic carbocycles. The van der Waals surface area contributed by atoms with E-state index >= 15 is 0 Å². The van der Waals surface area contributed by atoms with E-state index in [2.05, 4.69) is 13.2 Å². The van der Waals surface area contributed by atoms with E-state index in [0.29, 0.717) is 12.0 Å². The quantitative estimate of drug-likeness (QED) is 0.334. The summed E-state index contributed by atoms with van der Waals surface area (Å²) in [6.45, 7) is 8.82. The molecule has 0 fully saturated rings. The third-order valence-corrected chi connectivity index (χ3v) is 2.46. The molecule has 17 heavy (non-hydrogen) atoms. The molecule has 2 heteroatoms. The molecule has 0 aliphatic carbocycles. The van der Waals surface area contributed by atoms with Gasteiger partial charge in [0, 0.05) is 5.57 Å². The maximum absolute atomic E-state index is 11.5. The third kappa shape index (κ3) is 3.76. The Bertz CT molecular complexity index is 441. The van der Waals surface area contributed by atoms with Crippen molar-refractivity contribution in [3.05, 3.63) is 72.5 Å². The Morgan fingerprint density at radius 3 is 2.47 bits per heavy atom. The van der Waals surface area contributed by atoms with Gasteiger partial charge in [-0.05, 0) is 24.5 Å². The van der Waals surface area contributed by atoms with Gasteiger partial charge >= 0.3 is 5.97 Å². The van der Waals surface area contributed by atoms with Gasteiger partial charge in [-0.1, -0.05) is 49.6 Å². The summed E-state index contributed by atoms with van der Waals surface area (Å²) >= 11 is 0. The second-order valence-corrected chi connectivity index (χ2v) is 3.59. The van der Waals surface area contributed by atoms with Crippen molar-refractivity contribution in [2.24, 2.45) is 0 Å². The fourth-order valence-electron chi connectivity index (χ4n) is 1.47. The molecule has 0 N–H and O–H groups in total. The van der Waals surface area contributed by atoms with Crippen molar-refractivity contribution in [2.75, 3.05) is 0 Å². The lowest BCUT2D eigenvalue weighted by Crippen LogP contribution is -2.05. The zero-order valence-electron chi connectivity index (χ0n) is 9.98. The highest BCUT2D eigenvalue weighted by molar-refractivity contribution is 5.89. The van der Waals surface area contributed by atoms with E-state index in [-0.39, 0.29) is 5.97 Å². The summed E-state index contributed by atoms with van der Waals surface area (Å²) in [5.41, 5.74) is 2.56. The first-order valence-corrected chi connectivity index (χ1v) is 5.37. The van der Waals surface area contributed by atoms with E-state index in [0.717, 1.165) is 17.4 Å². The average Bonchev–Trinajstić information content (AvgIpc) is 2.36. The molecule has 0 aromatic heterocycles. The number of allylic oxidation sites excluding steroid dienone is 2. The number of ether oxygens (including phenoxy) is 1. The predicted molar refractivity (Wildman–Crippen MR) is 69.3 cm³/mol. The number of esters is 1. The minimum absolute atomic E-state index is 0.383. The molecule has 0 radical (unpaired) electrons. The number of hydrogen-bond acceptors (Lipinski definition) is 2. The maximum Gasteiger partial charge on any atom is 0.338 e. The van der Waals surface area contributed by atoms with Gasteiger partial charge in [0.15, 0.2) is 0 Å². The van der Waals surface area contributed by atoms with E-state index in [9.17, 15) is 4.79 Å². The van der Waals surface area contributed by atoms with Crippen LogP contribution in [-0.4, -0.2) is 5.97 Å². The molecule has 1 rings (SSSR count). The van der Waals surface area contributed by atoms with E-state index in [1.165, 1.54) is 0 Å². The lowest BCUT2D eigenvalue weighted by molar-refractivity contribution is -0.133. The van der Waals surface area contributed by atoms with Gasteiger partial charge in [-0.2, -0.15) is 0 Å². The molecule has 0 bridgehead atoms. The Morgan fingerprint density at radius 1 is 1.29 bits per heavy atom. The lowest BCUT2D eigenvalue weighted by atomic mass is 10.0. The minimum atomic E-state index is -0.383. The summed E-state index contributed by atoms with van der Waals surface area (Å²) in [7, 11) is 0. The SMILES string of the molecule is C=COC(=O)C(C)=C(C=C)Cc1ccccc1. The van der Waals surface area contributed by atoms with Gasteiger partial charge in [0.25, 0.3) is 0 Å². The van der Waals surface area contributed by atoms with Gasteiger partial charge in [0.05, 0.1) is 6.26 Å². The molecule has 2 nitrogen and oxygen atoms in total. The van der Waals surface area contributed by atoms with E-state index in [4.69, 9.17) is 4.74 Å². The third-order valence-electron chi connectivity index (χ3n) is 2.46. The van der Waals surface area contributed by atoms with E-state index in [1.54, 1.807) is 13.0 Å². The Kier molecular flexibility index (Phi) is 4.95. The highest BCUT2D eigenvalue weighted by Gasteiger charge is 2.09. The van der Waals surface area contributed by atoms with E-state index in [1.807, 2.05) is 30.3 Å². The zero-order valence-corrected chi connectivity index (χ0v) is 9.98. The summed E-state index contributed by atoms with van der Waals surface area (Å²) in [5.74, 6) is -0.383. The van der Waals surface area contributed by atoms with Gasteiger partial charge in [-0.15, -0.1) is 0 Å². The lowest BCUT2D eigenvalue weighted by Gasteiger charge is -2.07. The van der Waals surface area contributed by atoms with Crippen LogP contribution in [0.1, 0.15) is 12.5 Å². The topological polar surface area (TPSA) is 26.3 Å². The Labute approximate surface area is 102 Å². The molecule has 1 aromatic rings. The predicted octanol–water partition coefficient (Wildman–Crippen LogP) is 3.42. The standard InChI is InChI=1S/C15H16O2/c1-4-14(12(3)15(16)17-5-2)11-13-9-7-6-8-10-13/h4-10H,1-2,11H2,3H3. The molecular formula is C15H16O2. The van der Waals surface area contributed by atoms with Crippen molar-refractivity contribution in [1.82, 2.24) is 0 Å². The van der Waals surface area contributed by atoms with Crippen molar-refractivity contribution >= 4 is 5.97 Å². The maximum atomic E-state index is 11.5. The van der Waals surface area contributed by atoms with Crippen LogP contribution in [0.25, 0.3) is 0 Å². The van der Waals surface area contributed by atoms with Crippen LogP contribution < -0.4 is 0 Å². The molecule has 88 valence electrons. The highest BCUT2D eigenvalue weighted by Crippen LogP contribution is 2.14. The minimum Gasteiger partial charge on any atom is -0.432 e. The van der Waals surface area contributed by atoms with Crippen LogP contribution in [0.2, 0.25) is 0 Å². The molecule has 0 saturated heterocycles. The van der Waals surface area contributed by atoms with Crippen LogP contribution in [0.3, 0.4) is 0 Å². The van der Waals surface area contributed by atoms with Crippen molar-refractivity contribution < 1.29 is 9.53 Å². The first-order valence-electron chi connectivity index (χ1n) is 5.37. The molecular weight excluding hydrogens is 212 g/mol. The first kappa shape index (κ1) is 13.0. The van der Waals surface area contributed by atoms with Gasteiger partial charge in [-0.25, -0.2) is 4.79 Å². The smallest absolute Gasteiger partial charge is 0.338 e.